The zero-order chi connectivity index (χ0) is 11.6. The van der Waals surface area contributed by atoms with E-state index in [4.69, 9.17) is 5.11 Å². The average Bonchev–Trinajstić information content (AvgIpc) is 2.46. The Morgan fingerprint density at radius 2 is 2.07 bits per heavy atom. The van der Waals surface area contributed by atoms with Crippen LogP contribution in [0.4, 0.5) is 0 Å². The third-order valence-corrected chi connectivity index (χ3v) is 3.33. The van der Waals surface area contributed by atoms with Gasteiger partial charge in [-0.05, 0) is 11.8 Å². The Morgan fingerprint density at radius 1 is 1.47 bits per heavy atom. The number of hydrogen-bond donors (Lipinski definition) is 2. The highest BCUT2D eigenvalue weighted by Gasteiger charge is 2.36. The number of rotatable bonds is 4. The van der Waals surface area contributed by atoms with Crippen molar-refractivity contribution in [2.45, 2.75) is 39.3 Å². The van der Waals surface area contributed by atoms with Crippen LogP contribution in [0.5, 0.6) is 0 Å². The van der Waals surface area contributed by atoms with Gasteiger partial charge in [-0.25, -0.2) is 0 Å². The minimum Gasteiger partial charge on any atom is -0.480 e. The van der Waals surface area contributed by atoms with E-state index in [1.165, 1.54) is 0 Å². The van der Waals surface area contributed by atoms with E-state index in [9.17, 15) is 9.90 Å². The molecule has 2 N–H and O–H groups in total. The van der Waals surface area contributed by atoms with Crippen molar-refractivity contribution in [2.75, 3.05) is 13.1 Å². The lowest BCUT2D eigenvalue weighted by Crippen LogP contribution is -2.39. The maximum Gasteiger partial charge on any atom is 0.321 e. The molecule has 1 rings (SSSR count). The molecule has 4 nitrogen and oxygen atoms in total. The molecular weight excluding hydrogens is 194 g/mol. The predicted octanol–water partition coefficient (Wildman–Crippen LogP) is 0.798. The molecule has 15 heavy (non-hydrogen) atoms. The summed E-state index contributed by atoms with van der Waals surface area (Å²) in [6.45, 7) is 7.63. The first-order chi connectivity index (χ1) is 6.91. The van der Waals surface area contributed by atoms with Gasteiger partial charge in [0, 0.05) is 19.5 Å². The summed E-state index contributed by atoms with van der Waals surface area (Å²) in [6, 6.07) is -0.499. The molecule has 1 fully saturated rings. The maximum atomic E-state index is 11.0. The van der Waals surface area contributed by atoms with Crippen LogP contribution in [0, 0.1) is 11.8 Å². The Morgan fingerprint density at radius 3 is 2.53 bits per heavy atom. The Hall–Kier alpha value is -0.610. The van der Waals surface area contributed by atoms with Gasteiger partial charge in [0.05, 0.1) is 6.10 Å². The lowest BCUT2D eigenvalue weighted by Gasteiger charge is -2.26. The summed E-state index contributed by atoms with van der Waals surface area (Å²) in [5, 5.41) is 18.5. The summed E-state index contributed by atoms with van der Waals surface area (Å²) >= 11 is 0. The summed E-state index contributed by atoms with van der Waals surface area (Å²) in [5.74, 6) is 0.178. The number of likely N-dealkylation sites (tertiary alicyclic amines) is 1. The van der Waals surface area contributed by atoms with E-state index in [2.05, 4.69) is 20.8 Å². The van der Waals surface area contributed by atoms with Crippen molar-refractivity contribution < 1.29 is 15.0 Å². The fourth-order valence-corrected chi connectivity index (χ4v) is 1.92. The molecule has 0 aliphatic carbocycles. The normalized spacial score (nSPS) is 29.7. The van der Waals surface area contributed by atoms with Crippen LogP contribution in [0.1, 0.15) is 27.2 Å². The summed E-state index contributed by atoms with van der Waals surface area (Å²) in [5.41, 5.74) is 0. The van der Waals surface area contributed by atoms with Crippen LogP contribution in [-0.4, -0.2) is 46.3 Å². The fraction of sp³-hybridized carbons (Fsp3) is 0.909. The Kier molecular flexibility index (Phi) is 4.11. The molecule has 1 aliphatic rings. The zero-order valence-electron chi connectivity index (χ0n) is 9.68. The summed E-state index contributed by atoms with van der Waals surface area (Å²) in [4.78, 5) is 12.8. The van der Waals surface area contributed by atoms with Crippen LogP contribution in [0.25, 0.3) is 0 Å². The largest absolute Gasteiger partial charge is 0.480 e. The number of aliphatic carboxylic acids is 1. The molecule has 0 radical (unpaired) electrons. The van der Waals surface area contributed by atoms with Crippen molar-refractivity contribution >= 4 is 5.97 Å². The van der Waals surface area contributed by atoms with E-state index in [1.54, 1.807) is 0 Å². The minimum atomic E-state index is -0.817. The molecule has 88 valence electrons. The second-order valence-electron chi connectivity index (χ2n) is 4.92. The molecule has 0 saturated carbocycles. The van der Waals surface area contributed by atoms with Crippen molar-refractivity contribution in [3.05, 3.63) is 0 Å². The van der Waals surface area contributed by atoms with E-state index in [0.29, 0.717) is 24.8 Å². The molecule has 1 aliphatic heterocycles. The van der Waals surface area contributed by atoms with Crippen molar-refractivity contribution in [3.63, 3.8) is 0 Å². The highest BCUT2D eigenvalue weighted by Crippen LogP contribution is 2.21. The molecule has 1 heterocycles. The second kappa shape index (κ2) is 4.94. The van der Waals surface area contributed by atoms with Crippen LogP contribution in [-0.2, 0) is 4.79 Å². The lowest BCUT2D eigenvalue weighted by molar-refractivity contribution is -0.142. The zero-order valence-corrected chi connectivity index (χ0v) is 9.68. The average molecular weight is 215 g/mol. The Balaban J connectivity index is 2.56. The standard InChI is InChI=1S/C11H21NO3/c1-7(2)8(3)5-12-6-9(13)4-10(12)11(14)15/h7-10,13H,4-6H2,1-3H3,(H,14,15)/t8?,9-,10-/m0/s1. The number of β-amino-alcohol motifs (C(OH)–C–C–N with tert-alkyl or cyclic N) is 1. The maximum absolute atomic E-state index is 11.0. The highest BCUT2D eigenvalue weighted by molar-refractivity contribution is 5.74. The first kappa shape index (κ1) is 12.5. The van der Waals surface area contributed by atoms with Gasteiger partial charge in [0.25, 0.3) is 0 Å². The van der Waals surface area contributed by atoms with Crippen LogP contribution >= 0.6 is 0 Å². The van der Waals surface area contributed by atoms with Crippen LogP contribution in [0.3, 0.4) is 0 Å². The number of carbonyl (C=O) groups is 1. The van der Waals surface area contributed by atoms with Crippen molar-refractivity contribution in [2.24, 2.45) is 11.8 Å². The lowest BCUT2D eigenvalue weighted by atomic mass is 9.97. The smallest absolute Gasteiger partial charge is 0.321 e. The van der Waals surface area contributed by atoms with E-state index in [1.807, 2.05) is 4.90 Å². The Bertz CT molecular complexity index is 230. The third kappa shape index (κ3) is 3.18. The second-order valence-corrected chi connectivity index (χ2v) is 4.92. The first-order valence-corrected chi connectivity index (χ1v) is 5.56. The monoisotopic (exact) mass is 215 g/mol. The summed E-state index contributed by atoms with van der Waals surface area (Å²) < 4.78 is 0. The topological polar surface area (TPSA) is 60.8 Å². The Labute approximate surface area is 90.9 Å². The molecule has 0 aromatic heterocycles. The van der Waals surface area contributed by atoms with Gasteiger partial charge in [-0.15, -0.1) is 0 Å². The minimum absolute atomic E-state index is 0.361. The molecule has 0 aromatic rings. The van der Waals surface area contributed by atoms with Crippen molar-refractivity contribution in [1.29, 1.82) is 0 Å². The van der Waals surface area contributed by atoms with E-state index in [-0.39, 0.29) is 0 Å². The quantitative estimate of drug-likeness (QED) is 0.728. The fourth-order valence-electron chi connectivity index (χ4n) is 1.92. The van der Waals surface area contributed by atoms with Gasteiger partial charge in [-0.3, -0.25) is 9.69 Å². The van der Waals surface area contributed by atoms with Gasteiger partial charge < -0.3 is 10.2 Å². The molecule has 1 unspecified atom stereocenters. The number of aliphatic hydroxyl groups excluding tert-OH is 1. The molecule has 0 bridgehead atoms. The van der Waals surface area contributed by atoms with Crippen molar-refractivity contribution in [3.8, 4) is 0 Å². The molecule has 0 aromatic carbocycles. The van der Waals surface area contributed by atoms with Crippen molar-refractivity contribution in [1.82, 2.24) is 4.90 Å². The van der Waals surface area contributed by atoms with Gasteiger partial charge in [-0.1, -0.05) is 20.8 Å². The van der Waals surface area contributed by atoms with Gasteiger partial charge in [0.15, 0.2) is 0 Å². The number of hydrogen-bond acceptors (Lipinski definition) is 3. The van der Waals surface area contributed by atoms with E-state index >= 15 is 0 Å². The summed E-state index contributed by atoms with van der Waals surface area (Å²) in [7, 11) is 0. The van der Waals surface area contributed by atoms with Gasteiger partial charge in [0.1, 0.15) is 6.04 Å². The summed E-state index contributed by atoms with van der Waals surface area (Å²) in [6.07, 6.45) is -0.120. The van der Waals surface area contributed by atoms with E-state index in [0.717, 1.165) is 6.54 Å². The highest BCUT2D eigenvalue weighted by atomic mass is 16.4. The van der Waals surface area contributed by atoms with Crippen LogP contribution in [0.15, 0.2) is 0 Å². The molecule has 4 heteroatoms. The van der Waals surface area contributed by atoms with E-state index < -0.39 is 18.1 Å². The van der Waals surface area contributed by atoms with Gasteiger partial charge in [0.2, 0.25) is 0 Å². The van der Waals surface area contributed by atoms with Gasteiger partial charge in [-0.2, -0.15) is 0 Å². The van der Waals surface area contributed by atoms with Crippen LogP contribution < -0.4 is 0 Å². The first-order valence-electron chi connectivity index (χ1n) is 5.56. The molecule has 0 spiro atoms. The van der Waals surface area contributed by atoms with Gasteiger partial charge >= 0.3 is 5.97 Å². The van der Waals surface area contributed by atoms with Crippen LogP contribution in [0.2, 0.25) is 0 Å². The number of nitrogens with zero attached hydrogens (tertiary/aromatic N) is 1. The molecule has 1 saturated heterocycles. The molecule has 3 atom stereocenters. The number of aliphatic hydroxyl groups is 1. The third-order valence-electron chi connectivity index (χ3n) is 3.33. The predicted molar refractivity (Wildman–Crippen MR) is 57.6 cm³/mol. The number of carboxylic acids is 1. The molecular formula is C11H21NO3. The molecule has 0 amide bonds. The SMILES string of the molecule is CC(C)C(C)CN1C[C@@H](O)C[C@H]1C(=O)O. The number of carboxylic acid groups (broad SMARTS) is 1.